The van der Waals surface area contributed by atoms with E-state index in [0.29, 0.717) is 40.9 Å². The highest BCUT2D eigenvalue weighted by atomic mass is 32.1. The second-order valence-corrected chi connectivity index (χ2v) is 7.79. The summed E-state index contributed by atoms with van der Waals surface area (Å²) in [5, 5.41) is 0.534. The summed E-state index contributed by atoms with van der Waals surface area (Å²) >= 11 is 5.30. The number of H-pyrrole nitrogens is 1. The van der Waals surface area contributed by atoms with E-state index < -0.39 is 0 Å². The number of aromatic nitrogens is 2. The van der Waals surface area contributed by atoms with Crippen LogP contribution in [0.4, 0.5) is 0 Å². The minimum absolute atomic E-state index is 0.0349. The number of ether oxygens (including phenoxy) is 1. The van der Waals surface area contributed by atoms with Crippen LogP contribution in [0.2, 0.25) is 0 Å². The number of benzene rings is 2. The summed E-state index contributed by atoms with van der Waals surface area (Å²) in [6, 6.07) is 13.2. The maximum atomic E-state index is 13.3. The van der Waals surface area contributed by atoms with Crippen LogP contribution in [0.25, 0.3) is 10.9 Å². The lowest BCUT2D eigenvalue weighted by molar-refractivity contribution is 0.0736. The lowest BCUT2D eigenvalue weighted by Gasteiger charge is -2.25. The highest BCUT2D eigenvalue weighted by molar-refractivity contribution is 7.71. The molecule has 2 heterocycles. The van der Waals surface area contributed by atoms with Crippen molar-refractivity contribution < 1.29 is 9.53 Å². The molecule has 0 spiro atoms. The molecule has 1 fully saturated rings. The molecule has 1 saturated heterocycles. The molecule has 1 unspecified atom stereocenters. The van der Waals surface area contributed by atoms with E-state index in [1.165, 1.54) is 4.57 Å². The van der Waals surface area contributed by atoms with Crippen molar-refractivity contribution in [1.29, 1.82) is 0 Å². The smallest absolute Gasteiger partial charge is 0.262 e. The number of carbonyl (C=O) groups is 1. The van der Waals surface area contributed by atoms with E-state index in [4.69, 9.17) is 17.0 Å². The number of nitrogens with zero attached hydrogens (tertiary/aromatic N) is 2. The fraction of sp³-hybridized carbons (Fsp3) is 0.348. The summed E-state index contributed by atoms with van der Waals surface area (Å²) in [6.45, 7) is 5.67. The van der Waals surface area contributed by atoms with Gasteiger partial charge in [0.2, 0.25) is 0 Å². The normalized spacial score (nSPS) is 16.2. The number of carbonyl (C=O) groups excluding carboxylic acids is 1. The first-order chi connectivity index (χ1) is 14.5. The maximum Gasteiger partial charge on any atom is 0.262 e. The second-order valence-electron chi connectivity index (χ2n) is 7.40. The van der Waals surface area contributed by atoms with Crippen molar-refractivity contribution in [3.8, 4) is 5.75 Å². The third-order valence-electron chi connectivity index (χ3n) is 5.63. The predicted octanol–water partition coefficient (Wildman–Crippen LogP) is 4.45. The van der Waals surface area contributed by atoms with Gasteiger partial charge >= 0.3 is 0 Å². The summed E-state index contributed by atoms with van der Waals surface area (Å²) in [5.74, 6) is 0.798. The quantitative estimate of drug-likeness (QED) is 0.616. The van der Waals surface area contributed by atoms with E-state index in [9.17, 15) is 9.59 Å². The Morgan fingerprint density at radius 3 is 2.67 bits per heavy atom. The zero-order chi connectivity index (χ0) is 21.3. The molecular weight excluding hydrogens is 398 g/mol. The fourth-order valence-corrected chi connectivity index (χ4v) is 4.47. The molecule has 0 bridgehead atoms. The molecule has 1 atom stereocenters. The largest absolute Gasteiger partial charge is 0.494 e. The average molecular weight is 424 g/mol. The maximum absolute atomic E-state index is 13.3. The van der Waals surface area contributed by atoms with Crippen molar-refractivity contribution in [3.05, 3.63) is 68.7 Å². The molecule has 1 aromatic heterocycles. The standard InChI is InChI=1S/C23H25N3O3S/c1-3-25-22(28)18-12-9-16(14-19(18)24-23(25)30)21(27)26-13-5-6-20(26)15-7-10-17(11-8-15)29-4-2/h7-12,14,20H,3-6,13H2,1-2H3,(H,24,30). The zero-order valence-electron chi connectivity index (χ0n) is 17.2. The predicted molar refractivity (Wildman–Crippen MR) is 120 cm³/mol. The molecule has 1 amide bonds. The summed E-state index contributed by atoms with van der Waals surface area (Å²) < 4.78 is 7.41. The molecule has 0 aliphatic carbocycles. The van der Waals surface area contributed by atoms with E-state index in [1.807, 2.05) is 43.0 Å². The van der Waals surface area contributed by atoms with Gasteiger partial charge in [-0.05, 0) is 74.8 Å². The van der Waals surface area contributed by atoms with Crippen LogP contribution in [0.15, 0.2) is 47.3 Å². The van der Waals surface area contributed by atoms with Crippen molar-refractivity contribution in [2.75, 3.05) is 13.2 Å². The summed E-state index contributed by atoms with van der Waals surface area (Å²) in [4.78, 5) is 30.9. The Morgan fingerprint density at radius 2 is 1.97 bits per heavy atom. The molecule has 1 N–H and O–H groups in total. The van der Waals surface area contributed by atoms with Gasteiger partial charge in [0.15, 0.2) is 4.77 Å². The number of fused-ring (bicyclic) bond motifs is 1. The van der Waals surface area contributed by atoms with Crippen molar-refractivity contribution in [3.63, 3.8) is 0 Å². The topological polar surface area (TPSA) is 67.3 Å². The molecule has 1 aliphatic heterocycles. The summed E-state index contributed by atoms with van der Waals surface area (Å²) in [5.41, 5.74) is 2.12. The third-order valence-corrected chi connectivity index (χ3v) is 5.96. The van der Waals surface area contributed by atoms with Gasteiger partial charge in [-0.1, -0.05) is 12.1 Å². The van der Waals surface area contributed by atoms with Crippen LogP contribution in [0, 0.1) is 4.77 Å². The average Bonchev–Trinajstić information content (AvgIpc) is 3.24. The lowest BCUT2D eigenvalue weighted by Crippen LogP contribution is -2.30. The molecule has 3 aromatic rings. The number of aromatic amines is 1. The van der Waals surface area contributed by atoms with Crippen molar-refractivity contribution in [2.24, 2.45) is 0 Å². The van der Waals surface area contributed by atoms with E-state index in [-0.39, 0.29) is 17.5 Å². The van der Waals surface area contributed by atoms with Crippen LogP contribution < -0.4 is 10.3 Å². The van der Waals surface area contributed by atoms with Gasteiger partial charge in [-0.2, -0.15) is 0 Å². The van der Waals surface area contributed by atoms with Gasteiger partial charge in [0.25, 0.3) is 11.5 Å². The number of amides is 1. The number of likely N-dealkylation sites (tertiary alicyclic amines) is 1. The summed E-state index contributed by atoms with van der Waals surface area (Å²) in [7, 11) is 0. The minimum Gasteiger partial charge on any atom is -0.494 e. The van der Waals surface area contributed by atoms with Crippen LogP contribution in [-0.2, 0) is 6.54 Å². The number of rotatable bonds is 5. The van der Waals surface area contributed by atoms with Crippen LogP contribution in [0.1, 0.15) is 48.7 Å². The SMILES string of the molecule is CCOc1ccc(C2CCCN2C(=O)c2ccc3c(=O)n(CC)c(=S)[nH]c3c2)cc1. The Balaban J connectivity index is 1.65. The van der Waals surface area contributed by atoms with Gasteiger partial charge in [0.05, 0.1) is 23.6 Å². The Morgan fingerprint density at radius 1 is 1.20 bits per heavy atom. The van der Waals surface area contributed by atoms with E-state index in [2.05, 4.69) is 4.98 Å². The number of hydrogen-bond donors (Lipinski definition) is 1. The number of nitrogens with one attached hydrogen (secondary N) is 1. The molecule has 4 rings (SSSR count). The van der Waals surface area contributed by atoms with E-state index >= 15 is 0 Å². The van der Waals surface area contributed by atoms with E-state index in [0.717, 1.165) is 24.2 Å². The first kappa shape index (κ1) is 20.3. The molecule has 2 aromatic carbocycles. The molecule has 156 valence electrons. The highest BCUT2D eigenvalue weighted by Crippen LogP contribution is 2.34. The van der Waals surface area contributed by atoms with Gasteiger partial charge in [-0.3, -0.25) is 14.2 Å². The van der Waals surface area contributed by atoms with Crippen molar-refractivity contribution in [2.45, 2.75) is 39.3 Å². The Hall–Kier alpha value is -2.93. The van der Waals surface area contributed by atoms with Crippen LogP contribution in [0.3, 0.4) is 0 Å². The Kier molecular flexibility index (Phi) is 5.72. The van der Waals surface area contributed by atoms with E-state index in [1.54, 1.807) is 18.2 Å². The lowest BCUT2D eigenvalue weighted by atomic mass is 10.0. The number of hydrogen-bond acceptors (Lipinski definition) is 4. The minimum atomic E-state index is -0.135. The van der Waals surface area contributed by atoms with Gasteiger partial charge in [-0.15, -0.1) is 0 Å². The molecule has 0 saturated carbocycles. The van der Waals surface area contributed by atoms with Crippen LogP contribution >= 0.6 is 12.2 Å². The van der Waals surface area contributed by atoms with Crippen molar-refractivity contribution in [1.82, 2.24) is 14.5 Å². The molecule has 1 aliphatic rings. The zero-order valence-corrected chi connectivity index (χ0v) is 18.0. The summed E-state index contributed by atoms with van der Waals surface area (Å²) in [6.07, 6.45) is 1.89. The Labute approximate surface area is 180 Å². The first-order valence-electron chi connectivity index (χ1n) is 10.3. The van der Waals surface area contributed by atoms with Crippen LogP contribution in [0.5, 0.6) is 5.75 Å². The molecule has 6 nitrogen and oxygen atoms in total. The monoisotopic (exact) mass is 423 g/mol. The molecule has 30 heavy (non-hydrogen) atoms. The van der Waals surface area contributed by atoms with Crippen molar-refractivity contribution >= 4 is 29.0 Å². The third kappa shape index (κ3) is 3.65. The second kappa shape index (κ2) is 8.44. The molecular formula is C23H25N3O3S. The van der Waals surface area contributed by atoms with Gasteiger partial charge in [-0.25, -0.2) is 0 Å². The van der Waals surface area contributed by atoms with Crippen LogP contribution in [-0.4, -0.2) is 33.5 Å². The first-order valence-corrected chi connectivity index (χ1v) is 10.7. The molecule has 7 heteroatoms. The fourth-order valence-electron chi connectivity index (χ4n) is 4.15. The van der Waals surface area contributed by atoms with Gasteiger partial charge in [0.1, 0.15) is 5.75 Å². The highest BCUT2D eigenvalue weighted by Gasteiger charge is 2.30. The van der Waals surface area contributed by atoms with Gasteiger partial charge in [0, 0.05) is 18.7 Å². The molecule has 0 radical (unpaired) electrons. The van der Waals surface area contributed by atoms with Gasteiger partial charge < -0.3 is 14.6 Å². The Bertz CT molecular complexity index is 1200.